The number of hydrogen-bond acceptors (Lipinski definition) is 2. The van der Waals surface area contributed by atoms with E-state index in [9.17, 15) is 0 Å². The molecule has 0 fully saturated rings. The van der Waals surface area contributed by atoms with Crippen LogP contribution in [0, 0.1) is 5.92 Å². The SMILES string of the molecule is CC(C)COCCOC(C)(C)CBr. The number of alkyl halides is 1. The van der Waals surface area contributed by atoms with E-state index in [0.29, 0.717) is 19.1 Å². The van der Waals surface area contributed by atoms with E-state index in [1.807, 2.05) is 0 Å². The molecule has 0 aromatic rings. The fourth-order valence-corrected chi connectivity index (χ4v) is 0.896. The maximum absolute atomic E-state index is 5.59. The molecule has 0 saturated heterocycles. The lowest BCUT2D eigenvalue weighted by molar-refractivity contribution is -0.0346. The quantitative estimate of drug-likeness (QED) is 0.513. The van der Waals surface area contributed by atoms with Gasteiger partial charge in [0.25, 0.3) is 0 Å². The Kier molecular flexibility index (Phi) is 7.00. The molecule has 80 valence electrons. The van der Waals surface area contributed by atoms with Crippen LogP contribution in [-0.2, 0) is 9.47 Å². The van der Waals surface area contributed by atoms with E-state index in [4.69, 9.17) is 9.47 Å². The van der Waals surface area contributed by atoms with E-state index in [1.165, 1.54) is 0 Å². The van der Waals surface area contributed by atoms with Gasteiger partial charge < -0.3 is 9.47 Å². The predicted molar refractivity (Wildman–Crippen MR) is 59.5 cm³/mol. The van der Waals surface area contributed by atoms with Gasteiger partial charge in [-0.1, -0.05) is 29.8 Å². The molecule has 0 aromatic carbocycles. The summed E-state index contributed by atoms with van der Waals surface area (Å²) in [6.07, 6.45) is 0. The molecule has 2 nitrogen and oxygen atoms in total. The Bertz CT molecular complexity index is 124. The minimum atomic E-state index is -0.0822. The highest BCUT2D eigenvalue weighted by Crippen LogP contribution is 2.11. The molecule has 0 N–H and O–H groups in total. The third kappa shape index (κ3) is 8.72. The van der Waals surface area contributed by atoms with Crippen LogP contribution in [0.5, 0.6) is 0 Å². The van der Waals surface area contributed by atoms with Gasteiger partial charge in [0.05, 0.1) is 18.8 Å². The van der Waals surface area contributed by atoms with Crippen molar-refractivity contribution >= 4 is 15.9 Å². The first-order valence-electron chi connectivity index (χ1n) is 4.75. The molecule has 0 bridgehead atoms. The van der Waals surface area contributed by atoms with E-state index in [0.717, 1.165) is 11.9 Å². The van der Waals surface area contributed by atoms with E-state index in [2.05, 4.69) is 43.6 Å². The van der Waals surface area contributed by atoms with Crippen LogP contribution in [0.15, 0.2) is 0 Å². The van der Waals surface area contributed by atoms with Gasteiger partial charge in [-0.15, -0.1) is 0 Å². The van der Waals surface area contributed by atoms with Crippen LogP contribution < -0.4 is 0 Å². The molecule has 0 unspecified atom stereocenters. The Morgan fingerprint density at radius 1 is 1.23 bits per heavy atom. The van der Waals surface area contributed by atoms with Gasteiger partial charge in [0.15, 0.2) is 0 Å². The topological polar surface area (TPSA) is 18.5 Å². The van der Waals surface area contributed by atoms with E-state index in [-0.39, 0.29) is 5.60 Å². The van der Waals surface area contributed by atoms with Gasteiger partial charge in [-0.3, -0.25) is 0 Å². The third-order valence-electron chi connectivity index (χ3n) is 1.49. The monoisotopic (exact) mass is 252 g/mol. The summed E-state index contributed by atoms with van der Waals surface area (Å²) >= 11 is 3.40. The minimum absolute atomic E-state index is 0.0822. The fraction of sp³-hybridized carbons (Fsp3) is 1.00. The molecule has 0 rings (SSSR count). The molecular formula is C10H21BrO2. The number of rotatable bonds is 7. The Hall–Kier alpha value is 0.400. The second-order valence-corrected chi connectivity index (χ2v) is 4.77. The van der Waals surface area contributed by atoms with Crippen molar-refractivity contribution in [1.82, 2.24) is 0 Å². The van der Waals surface area contributed by atoms with E-state index < -0.39 is 0 Å². The van der Waals surface area contributed by atoms with Crippen LogP contribution in [0.25, 0.3) is 0 Å². The molecule has 3 heteroatoms. The van der Waals surface area contributed by atoms with Crippen molar-refractivity contribution in [2.75, 3.05) is 25.2 Å². The molecular weight excluding hydrogens is 232 g/mol. The number of ether oxygens (including phenoxy) is 2. The lowest BCUT2D eigenvalue weighted by Crippen LogP contribution is -2.28. The lowest BCUT2D eigenvalue weighted by atomic mass is 10.2. The Morgan fingerprint density at radius 2 is 1.85 bits per heavy atom. The zero-order chi connectivity index (χ0) is 10.3. The van der Waals surface area contributed by atoms with Crippen molar-refractivity contribution < 1.29 is 9.47 Å². The summed E-state index contributed by atoms with van der Waals surface area (Å²) in [5, 5.41) is 0.851. The highest BCUT2D eigenvalue weighted by atomic mass is 79.9. The summed E-state index contributed by atoms with van der Waals surface area (Å²) in [6.45, 7) is 10.6. The highest BCUT2D eigenvalue weighted by Gasteiger charge is 2.15. The molecule has 0 amide bonds. The van der Waals surface area contributed by atoms with Crippen LogP contribution in [0.1, 0.15) is 27.7 Å². The maximum atomic E-state index is 5.59. The van der Waals surface area contributed by atoms with Gasteiger partial charge in [-0.2, -0.15) is 0 Å². The first-order valence-corrected chi connectivity index (χ1v) is 5.88. The van der Waals surface area contributed by atoms with Gasteiger partial charge in [-0.05, 0) is 19.8 Å². The number of hydrogen-bond donors (Lipinski definition) is 0. The molecule has 0 heterocycles. The maximum Gasteiger partial charge on any atom is 0.0724 e. The van der Waals surface area contributed by atoms with E-state index >= 15 is 0 Å². The number of halogens is 1. The Balaban J connectivity index is 3.26. The minimum Gasteiger partial charge on any atom is -0.379 e. The molecule has 0 atom stereocenters. The van der Waals surface area contributed by atoms with Crippen molar-refractivity contribution in [3.05, 3.63) is 0 Å². The molecule has 0 aliphatic heterocycles. The summed E-state index contributed by atoms with van der Waals surface area (Å²) in [7, 11) is 0. The smallest absolute Gasteiger partial charge is 0.0724 e. The predicted octanol–water partition coefficient (Wildman–Crippen LogP) is 2.85. The molecule has 0 saturated carbocycles. The summed E-state index contributed by atoms with van der Waals surface area (Å²) in [5.74, 6) is 0.601. The summed E-state index contributed by atoms with van der Waals surface area (Å²) in [4.78, 5) is 0. The molecule has 13 heavy (non-hydrogen) atoms. The van der Waals surface area contributed by atoms with Gasteiger partial charge >= 0.3 is 0 Å². The normalized spacial score (nSPS) is 12.5. The summed E-state index contributed by atoms with van der Waals surface area (Å²) < 4.78 is 11.0. The van der Waals surface area contributed by atoms with Gasteiger partial charge in [0.1, 0.15) is 0 Å². The second kappa shape index (κ2) is 6.80. The van der Waals surface area contributed by atoms with Crippen LogP contribution >= 0.6 is 15.9 Å². The fourth-order valence-electron chi connectivity index (χ4n) is 0.734. The van der Waals surface area contributed by atoms with Gasteiger partial charge in [0, 0.05) is 11.9 Å². The summed E-state index contributed by atoms with van der Waals surface area (Å²) in [6, 6.07) is 0. The van der Waals surface area contributed by atoms with Crippen molar-refractivity contribution in [2.24, 2.45) is 5.92 Å². The lowest BCUT2D eigenvalue weighted by Gasteiger charge is -2.22. The van der Waals surface area contributed by atoms with E-state index in [1.54, 1.807) is 0 Å². The molecule has 0 aliphatic rings. The zero-order valence-electron chi connectivity index (χ0n) is 9.10. The summed E-state index contributed by atoms with van der Waals surface area (Å²) in [5.41, 5.74) is -0.0822. The van der Waals surface area contributed by atoms with Gasteiger partial charge in [-0.25, -0.2) is 0 Å². The zero-order valence-corrected chi connectivity index (χ0v) is 10.7. The molecule has 0 radical (unpaired) electrons. The molecule has 0 aliphatic carbocycles. The average Bonchev–Trinajstić information content (AvgIpc) is 2.03. The van der Waals surface area contributed by atoms with Crippen molar-refractivity contribution in [3.8, 4) is 0 Å². The highest BCUT2D eigenvalue weighted by molar-refractivity contribution is 9.09. The first kappa shape index (κ1) is 13.4. The van der Waals surface area contributed by atoms with Crippen LogP contribution in [0.4, 0.5) is 0 Å². The second-order valence-electron chi connectivity index (χ2n) is 4.21. The largest absolute Gasteiger partial charge is 0.379 e. The van der Waals surface area contributed by atoms with Crippen LogP contribution in [-0.4, -0.2) is 30.8 Å². The van der Waals surface area contributed by atoms with Crippen molar-refractivity contribution in [2.45, 2.75) is 33.3 Å². The van der Waals surface area contributed by atoms with Crippen LogP contribution in [0.2, 0.25) is 0 Å². The van der Waals surface area contributed by atoms with Crippen molar-refractivity contribution in [1.29, 1.82) is 0 Å². The molecule has 0 aromatic heterocycles. The average molecular weight is 253 g/mol. The standard InChI is InChI=1S/C10H21BrO2/c1-9(2)7-12-5-6-13-10(3,4)8-11/h9H,5-8H2,1-4H3. The third-order valence-corrected chi connectivity index (χ3v) is 2.84. The van der Waals surface area contributed by atoms with Crippen molar-refractivity contribution in [3.63, 3.8) is 0 Å². The molecule has 0 spiro atoms. The Morgan fingerprint density at radius 3 is 2.31 bits per heavy atom. The van der Waals surface area contributed by atoms with Crippen LogP contribution in [0.3, 0.4) is 0 Å². The first-order chi connectivity index (χ1) is 5.98. The Labute approximate surface area is 90.1 Å². The van der Waals surface area contributed by atoms with Gasteiger partial charge in [0.2, 0.25) is 0 Å².